The first-order chi connectivity index (χ1) is 14.2. The quantitative estimate of drug-likeness (QED) is 0.191. The predicted molar refractivity (Wildman–Crippen MR) is 174 cm³/mol. The molecule has 5 saturated heterocycles. The summed E-state index contributed by atoms with van der Waals surface area (Å²) in [4.78, 5) is 0. The number of thiol groups is 3. The fourth-order valence-electron chi connectivity index (χ4n) is 1.94. The normalized spacial score (nSPS) is 25.1. The van der Waals surface area contributed by atoms with E-state index >= 15 is 0 Å². The van der Waals surface area contributed by atoms with E-state index in [9.17, 15) is 0 Å². The molecule has 170 valence electrons. The zero-order valence-electron chi connectivity index (χ0n) is 15.9. The van der Waals surface area contributed by atoms with Crippen LogP contribution >= 0.6 is 126 Å². The van der Waals surface area contributed by atoms with E-state index in [1.165, 1.54) is 46.0 Å². The van der Waals surface area contributed by atoms with Crippen molar-refractivity contribution in [3.8, 4) is 0 Å². The molecule has 0 nitrogen and oxygen atoms in total. The summed E-state index contributed by atoms with van der Waals surface area (Å²) < 4.78 is 0. The van der Waals surface area contributed by atoms with Gasteiger partial charge in [-0.25, -0.2) is 0 Å². The molecule has 0 aromatic rings. The van der Waals surface area contributed by atoms with Gasteiger partial charge in [-0.2, -0.15) is 37.9 Å². The van der Waals surface area contributed by atoms with Gasteiger partial charge < -0.3 is 0 Å². The maximum absolute atomic E-state index is 4.08. The minimum absolute atomic E-state index is 0.358. The largest absolute Gasteiger partial charge is 0.178 e. The van der Waals surface area contributed by atoms with Gasteiger partial charge in [-0.05, 0) is 0 Å². The van der Waals surface area contributed by atoms with Crippen LogP contribution in [0.1, 0.15) is 0 Å². The molecule has 29 heavy (non-hydrogen) atoms. The van der Waals surface area contributed by atoms with Gasteiger partial charge in [-0.1, -0.05) is 0 Å². The second kappa shape index (κ2) is 17.4. The van der Waals surface area contributed by atoms with Crippen LogP contribution in [0.25, 0.3) is 0 Å². The molecule has 5 aliphatic rings. The first-order valence-corrected chi connectivity index (χ1v) is 38.6. The standard InChI is InChI=1S/2C3H8S3.3C3H6S2.2Sb/c2*4-1-3(6)2-5;3*4-3-1-5-2-3;;/h2*3-6H,1-2H2;3*3-4H,1-2H2;;/q;;;;;2*+3/p-6. The number of rotatable bonds is 8. The molecule has 5 rings (SSSR count). The molecule has 0 amide bonds. The fraction of sp³-hybridized carbons (Fsp3) is 1.00. The Bertz CT molecular complexity index is 391. The predicted octanol–water partition coefficient (Wildman–Crippen LogP) is 6.23. The number of fused-ring (bicyclic) bond motifs is 2. The zero-order chi connectivity index (χ0) is 20.5. The molecule has 0 radical (unpaired) electrons. The van der Waals surface area contributed by atoms with Crippen molar-refractivity contribution in [1.82, 2.24) is 0 Å². The molecular weight excluding hydrogens is 808 g/mol. The van der Waals surface area contributed by atoms with Gasteiger partial charge in [0.05, 0.1) is 0 Å². The molecular formula is C15H28S12Sb2. The smallest absolute Gasteiger partial charge is 0.0193 e. The van der Waals surface area contributed by atoms with E-state index in [-0.39, 0.29) is 0 Å². The molecule has 0 aromatic carbocycles. The van der Waals surface area contributed by atoms with Crippen LogP contribution in [0.5, 0.6) is 0 Å². The minimum Gasteiger partial charge on any atom is -0.178 e. The van der Waals surface area contributed by atoms with Crippen LogP contribution in [-0.2, 0) is 0 Å². The van der Waals surface area contributed by atoms with Crippen LogP contribution < -0.4 is 0 Å². The van der Waals surface area contributed by atoms with Crippen LogP contribution in [-0.4, -0.2) is 116 Å². The van der Waals surface area contributed by atoms with Crippen LogP contribution in [0.4, 0.5) is 0 Å². The average Bonchev–Trinajstić information content (AvgIpc) is 3.29. The van der Waals surface area contributed by atoms with Crippen molar-refractivity contribution in [2.24, 2.45) is 0 Å². The molecule has 2 bridgehead atoms. The number of hydrogen-bond acceptors (Lipinski definition) is 12. The summed E-state index contributed by atoms with van der Waals surface area (Å²) in [7, 11) is 14.3. The summed E-state index contributed by atoms with van der Waals surface area (Å²) in [5.41, 5.74) is 0. The number of hydrogen-bond donors (Lipinski definition) is 3. The summed E-state index contributed by atoms with van der Waals surface area (Å²) in [5.74, 6) is 13.3. The van der Waals surface area contributed by atoms with E-state index in [2.05, 4.69) is 126 Å². The van der Waals surface area contributed by atoms with Crippen molar-refractivity contribution >= 4 is 158 Å². The second-order valence-corrected chi connectivity index (χ2v) is 54.2. The van der Waals surface area contributed by atoms with Crippen molar-refractivity contribution in [3.05, 3.63) is 0 Å². The van der Waals surface area contributed by atoms with E-state index in [1.807, 2.05) is 0 Å². The third kappa shape index (κ3) is 11.8. The summed E-state index contributed by atoms with van der Waals surface area (Å²) in [6, 6.07) is 0. The van der Waals surface area contributed by atoms with Crippen molar-refractivity contribution in [2.45, 2.75) is 26.2 Å². The van der Waals surface area contributed by atoms with Crippen LogP contribution in [0.15, 0.2) is 0 Å². The Hall–Kier alpha value is 5.84. The Balaban J connectivity index is 0.000000152. The van der Waals surface area contributed by atoms with Gasteiger partial charge in [0.1, 0.15) is 0 Å². The maximum atomic E-state index is 4.08. The van der Waals surface area contributed by atoms with Crippen molar-refractivity contribution in [2.75, 3.05) is 57.5 Å². The van der Waals surface area contributed by atoms with Crippen LogP contribution in [0.3, 0.4) is 0 Å². The average molecular weight is 837 g/mol. The van der Waals surface area contributed by atoms with E-state index < -0.39 is 32.0 Å². The van der Waals surface area contributed by atoms with Gasteiger partial charge >= 0.3 is 187 Å². The van der Waals surface area contributed by atoms with Crippen LogP contribution in [0, 0.1) is 0 Å². The molecule has 0 aromatic heterocycles. The second-order valence-electron chi connectivity index (χ2n) is 6.58. The molecule has 5 fully saturated rings. The molecule has 0 spiro atoms. The maximum Gasteiger partial charge on any atom is 0.0193 e. The monoisotopic (exact) mass is 834 g/mol. The molecule has 0 unspecified atom stereocenters. The Morgan fingerprint density at radius 3 is 1.31 bits per heavy atom. The molecule has 14 heteroatoms. The Kier molecular flexibility index (Phi) is 17.6. The minimum atomic E-state index is -1.05. The summed E-state index contributed by atoms with van der Waals surface area (Å²) in [6.45, 7) is 0. The molecule has 0 N–H and O–H groups in total. The van der Waals surface area contributed by atoms with Crippen molar-refractivity contribution < 1.29 is 0 Å². The summed E-state index contributed by atoms with van der Waals surface area (Å²) in [5, 5.41) is 4.60. The Morgan fingerprint density at radius 2 is 1.17 bits per heavy atom. The molecule has 0 aliphatic carbocycles. The van der Waals surface area contributed by atoms with Crippen molar-refractivity contribution in [1.29, 1.82) is 0 Å². The molecule has 5 aliphatic heterocycles. The van der Waals surface area contributed by atoms with Crippen LogP contribution in [0.2, 0.25) is 0 Å². The van der Waals surface area contributed by atoms with E-state index in [0.29, 0.717) is 5.25 Å². The van der Waals surface area contributed by atoms with E-state index in [4.69, 9.17) is 0 Å². The Labute approximate surface area is 237 Å². The van der Waals surface area contributed by atoms with Gasteiger partial charge in [0.25, 0.3) is 0 Å². The van der Waals surface area contributed by atoms with Gasteiger partial charge in [0.2, 0.25) is 0 Å². The molecule has 0 atom stereocenters. The zero-order valence-corrected chi connectivity index (χ0v) is 31.0. The number of thioether (sulfide) groups is 3. The van der Waals surface area contributed by atoms with E-state index in [1.54, 1.807) is 0 Å². The van der Waals surface area contributed by atoms with Gasteiger partial charge in [0, 0.05) is 16.8 Å². The third-order valence-electron chi connectivity index (χ3n) is 3.92. The van der Waals surface area contributed by atoms with Gasteiger partial charge in [-0.15, -0.1) is 0 Å². The van der Waals surface area contributed by atoms with E-state index in [0.717, 1.165) is 32.5 Å². The first kappa shape index (κ1) is 29.4. The topological polar surface area (TPSA) is 0 Å². The summed E-state index contributed by atoms with van der Waals surface area (Å²) in [6.07, 6.45) is 0. The van der Waals surface area contributed by atoms with Crippen molar-refractivity contribution in [3.63, 3.8) is 0 Å². The van der Waals surface area contributed by atoms with Gasteiger partial charge in [-0.3, -0.25) is 0 Å². The molecule has 0 saturated carbocycles. The first-order valence-electron chi connectivity index (χ1n) is 9.32. The van der Waals surface area contributed by atoms with Gasteiger partial charge in [0.15, 0.2) is 0 Å². The molecule has 5 heterocycles. The SMILES string of the molecule is C1SCC1[S][Sb]([S]C1CSC1)[S]C1CSC1.C1[S][Sb]2[S]CC1[S]2.SCC(S)CS. The third-order valence-corrected chi connectivity index (χ3v) is 60.6. The Morgan fingerprint density at radius 1 is 0.759 bits per heavy atom. The fourth-order valence-corrected chi connectivity index (χ4v) is 72.3. The summed E-state index contributed by atoms with van der Waals surface area (Å²) >= 11 is 16.8.